The fraction of sp³-hybridized carbons (Fsp3) is 0.538. The summed E-state index contributed by atoms with van der Waals surface area (Å²) in [6.45, 7) is 4.31. The third-order valence-electron chi connectivity index (χ3n) is 3.20. The van der Waals surface area contributed by atoms with Crippen LogP contribution in [0.3, 0.4) is 0 Å². The van der Waals surface area contributed by atoms with Crippen LogP contribution in [0, 0.1) is 6.92 Å². The highest BCUT2D eigenvalue weighted by atomic mass is 79.9. The van der Waals surface area contributed by atoms with E-state index in [2.05, 4.69) is 54.0 Å². The average Bonchev–Trinajstić information content (AvgIpc) is 2.62. The van der Waals surface area contributed by atoms with Gasteiger partial charge in [0.15, 0.2) is 0 Å². The molecule has 1 heterocycles. The van der Waals surface area contributed by atoms with Crippen molar-refractivity contribution >= 4 is 15.9 Å². The Morgan fingerprint density at radius 1 is 1.40 bits per heavy atom. The highest BCUT2D eigenvalue weighted by molar-refractivity contribution is 9.09. The number of ether oxygens (including phenoxy) is 1. The van der Waals surface area contributed by atoms with Gasteiger partial charge in [-0.05, 0) is 32.3 Å². The van der Waals surface area contributed by atoms with Crippen LogP contribution in [0.4, 0.5) is 0 Å². The van der Waals surface area contributed by atoms with E-state index >= 15 is 0 Å². The minimum Gasteiger partial charge on any atom is -0.366 e. The van der Waals surface area contributed by atoms with Crippen molar-refractivity contribution in [3.63, 3.8) is 0 Å². The van der Waals surface area contributed by atoms with Crippen LogP contribution in [0.2, 0.25) is 0 Å². The fourth-order valence-corrected chi connectivity index (χ4v) is 2.61. The summed E-state index contributed by atoms with van der Waals surface area (Å²) in [5.41, 5.74) is 2.53. The lowest BCUT2D eigenvalue weighted by atomic mass is 9.92. The number of benzene rings is 1. The Morgan fingerprint density at radius 2 is 2.07 bits per heavy atom. The Morgan fingerprint density at radius 3 is 2.60 bits per heavy atom. The van der Waals surface area contributed by atoms with E-state index in [-0.39, 0.29) is 5.60 Å². The van der Waals surface area contributed by atoms with E-state index in [4.69, 9.17) is 4.74 Å². The number of rotatable bonds is 2. The molecule has 0 radical (unpaired) electrons. The molecule has 0 amide bonds. The lowest BCUT2D eigenvalue weighted by molar-refractivity contribution is -0.0221. The fourth-order valence-electron chi connectivity index (χ4n) is 2.15. The van der Waals surface area contributed by atoms with Gasteiger partial charge < -0.3 is 4.74 Å². The molecule has 2 unspecified atom stereocenters. The molecular formula is C13H17BrO. The van der Waals surface area contributed by atoms with Crippen molar-refractivity contribution in [2.75, 3.05) is 5.33 Å². The first-order chi connectivity index (χ1) is 7.14. The molecule has 0 bridgehead atoms. The van der Waals surface area contributed by atoms with E-state index in [0.717, 1.165) is 18.2 Å². The molecule has 0 aromatic heterocycles. The molecule has 1 nitrogen and oxygen atoms in total. The molecule has 0 spiro atoms. The smallest absolute Gasteiger partial charge is 0.0908 e. The minimum absolute atomic E-state index is 0.0772. The van der Waals surface area contributed by atoms with Crippen molar-refractivity contribution in [1.82, 2.24) is 0 Å². The van der Waals surface area contributed by atoms with Gasteiger partial charge in [-0.25, -0.2) is 0 Å². The summed E-state index contributed by atoms with van der Waals surface area (Å²) in [6.07, 6.45) is 2.64. The van der Waals surface area contributed by atoms with Crippen LogP contribution in [-0.4, -0.2) is 11.4 Å². The molecule has 0 N–H and O–H groups in total. The summed E-state index contributed by atoms with van der Waals surface area (Å²) >= 11 is 3.49. The number of halogens is 1. The molecule has 2 atom stereocenters. The predicted octanol–water partition coefficient (Wildman–Crippen LogP) is 3.78. The Bertz CT molecular complexity index is 333. The van der Waals surface area contributed by atoms with Crippen molar-refractivity contribution in [2.45, 2.75) is 38.4 Å². The van der Waals surface area contributed by atoms with Crippen LogP contribution in [-0.2, 0) is 10.3 Å². The third-order valence-corrected chi connectivity index (χ3v) is 3.93. The maximum atomic E-state index is 6.08. The topological polar surface area (TPSA) is 9.23 Å². The molecule has 1 aromatic rings. The zero-order chi connectivity index (χ0) is 10.9. The van der Waals surface area contributed by atoms with Gasteiger partial charge in [-0.2, -0.15) is 0 Å². The molecule has 82 valence electrons. The van der Waals surface area contributed by atoms with Crippen LogP contribution in [0.1, 0.15) is 30.9 Å². The van der Waals surface area contributed by atoms with Crippen LogP contribution >= 0.6 is 15.9 Å². The minimum atomic E-state index is -0.0772. The van der Waals surface area contributed by atoms with Gasteiger partial charge in [-0.3, -0.25) is 0 Å². The number of aryl methyl sites for hydroxylation is 1. The molecule has 1 fully saturated rings. The van der Waals surface area contributed by atoms with Crippen molar-refractivity contribution < 1.29 is 4.74 Å². The van der Waals surface area contributed by atoms with E-state index in [1.54, 1.807) is 0 Å². The monoisotopic (exact) mass is 268 g/mol. The second-order valence-electron chi connectivity index (χ2n) is 4.53. The Balaban J connectivity index is 2.20. The maximum Gasteiger partial charge on any atom is 0.0908 e. The normalized spacial score (nSPS) is 30.7. The standard InChI is InChI=1S/C13H17BrO/c1-10-3-5-11(6-4-10)13(2)8-7-12(9-14)15-13/h3-6,12H,7-9H2,1-2H3. The zero-order valence-corrected chi connectivity index (χ0v) is 10.9. The van der Waals surface area contributed by atoms with Gasteiger partial charge in [-0.1, -0.05) is 45.8 Å². The average molecular weight is 269 g/mol. The number of hydrogen-bond acceptors (Lipinski definition) is 1. The van der Waals surface area contributed by atoms with Gasteiger partial charge in [0.05, 0.1) is 11.7 Å². The first-order valence-corrected chi connectivity index (χ1v) is 6.57. The molecular weight excluding hydrogens is 252 g/mol. The number of hydrogen-bond donors (Lipinski definition) is 0. The van der Waals surface area contributed by atoms with Gasteiger partial charge in [-0.15, -0.1) is 0 Å². The van der Waals surface area contributed by atoms with E-state index in [1.165, 1.54) is 11.1 Å². The molecule has 1 saturated heterocycles. The van der Waals surface area contributed by atoms with Crippen LogP contribution in [0.25, 0.3) is 0 Å². The van der Waals surface area contributed by atoms with Gasteiger partial charge in [0.25, 0.3) is 0 Å². The summed E-state index contributed by atoms with van der Waals surface area (Å²) < 4.78 is 6.08. The first kappa shape index (κ1) is 11.2. The van der Waals surface area contributed by atoms with E-state index in [1.807, 2.05) is 0 Å². The summed E-state index contributed by atoms with van der Waals surface area (Å²) in [5.74, 6) is 0. The third kappa shape index (κ3) is 2.26. The van der Waals surface area contributed by atoms with Crippen LogP contribution < -0.4 is 0 Å². The highest BCUT2D eigenvalue weighted by Gasteiger charge is 2.36. The zero-order valence-electron chi connectivity index (χ0n) is 9.29. The predicted molar refractivity (Wildman–Crippen MR) is 66.4 cm³/mol. The molecule has 0 aliphatic carbocycles. The second-order valence-corrected chi connectivity index (χ2v) is 5.18. The maximum absolute atomic E-state index is 6.08. The van der Waals surface area contributed by atoms with Crippen molar-refractivity contribution in [2.24, 2.45) is 0 Å². The van der Waals surface area contributed by atoms with Crippen LogP contribution in [0.15, 0.2) is 24.3 Å². The van der Waals surface area contributed by atoms with E-state index in [0.29, 0.717) is 6.10 Å². The lowest BCUT2D eigenvalue weighted by Gasteiger charge is -2.25. The van der Waals surface area contributed by atoms with Gasteiger partial charge in [0.2, 0.25) is 0 Å². The Kier molecular flexibility index (Phi) is 3.17. The molecule has 1 aliphatic heterocycles. The van der Waals surface area contributed by atoms with E-state index < -0.39 is 0 Å². The van der Waals surface area contributed by atoms with Gasteiger partial charge >= 0.3 is 0 Å². The highest BCUT2D eigenvalue weighted by Crippen LogP contribution is 2.39. The summed E-state index contributed by atoms with van der Waals surface area (Å²) in [4.78, 5) is 0. The van der Waals surface area contributed by atoms with Crippen LogP contribution in [0.5, 0.6) is 0 Å². The first-order valence-electron chi connectivity index (χ1n) is 5.45. The quantitative estimate of drug-likeness (QED) is 0.742. The molecule has 15 heavy (non-hydrogen) atoms. The molecule has 1 aromatic carbocycles. The molecule has 2 heteroatoms. The second kappa shape index (κ2) is 4.26. The van der Waals surface area contributed by atoms with Gasteiger partial charge in [0.1, 0.15) is 0 Å². The Labute approximate surface area is 100.0 Å². The largest absolute Gasteiger partial charge is 0.366 e. The van der Waals surface area contributed by atoms with Crippen molar-refractivity contribution in [3.8, 4) is 0 Å². The van der Waals surface area contributed by atoms with Gasteiger partial charge in [0, 0.05) is 5.33 Å². The molecule has 0 saturated carbocycles. The van der Waals surface area contributed by atoms with E-state index in [9.17, 15) is 0 Å². The summed E-state index contributed by atoms with van der Waals surface area (Å²) in [6, 6.07) is 8.69. The summed E-state index contributed by atoms with van der Waals surface area (Å²) in [7, 11) is 0. The Hall–Kier alpha value is -0.340. The molecule has 1 aliphatic rings. The summed E-state index contributed by atoms with van der Waals surface area (Å²) in [5, 5.41) is 0.939. The lowest BCUT2D eigenvalue weighted by Crippen LogP contribution is -2.22. The van der Waals surface area contributed by atoms with Crippen molar-refractivity contribution in [3.05, 3.63) is 35.4 Å². The van der Waals surface area contributed by atoms with Crippen molar-refractivity contribution in [1.29, 1.82) is 0 Å². The SMILES string of the molecule is Cc1ccc(C2(C)CCC(CBr)O2)cc1. The molecule has 2 rings (SSSR count). The number of alkyl halides is 1.